The van der Waals surface area contributed by atoms with Crippen LogP contribution in [0.4, 0.5) is 0 Å². The van der Waals surface area contributed by atoms with Crippen molar-refractivity contribution >= 4 is 21.9 Å². The Kier molecular flexibility index (Phi) is 6.18. The average Bonchev–Trinajstić information content (AvgIpc) is 2.92. The number of fused-ring (bicyclic) bond motifs is 2. The van der Waals surface area contributed by atoms with Crippen LogP contribution in [0.25, 0.3) is 44.2 Å². The summed E-state index contributed by atoms with van der Waals surface area (Å²) in [5.74, 6) is -0.632. The van der Waals surface area contributed by atoms with Crippen molar-refractivity contribution in [2.75, 3.05) is 0 Å². The fourth-order valence-corrected chi connectivity index (χ4v) is 3.89. The minimum absolute atomic E-state index is 0.0121. The second-order valence-corrected chi connectivity index (χ2v) is 8.20. The van der Waals surface area contributed by atoms with E-state index in [1.807, 2.05) is 42.5 Å². The first kappa shape index (κ1) is 23.4. The molecule has 37 heavy (non-hydrogen) atoms. The molecule has 0 unspecified atom stereocenters. The van der Waals surface area contributed by atoms with Gasteiger partial charge in [-0.3, -0.25) is 9.59 Å². The molecule has 0 radical (unpaired) electrons. The molecule has 0 amide bonds. The SMILES string of the molecule is O=c1c(-c2ccc(O)cc2)coc2cc(O)c(O)cc12.O=c1c(-c2ccccc2)coc2ccccc12. The predicted molar refractivity (Wildman–Crippen MR) is 141 cm³/mol. The number of para-hydroxylation sites is 1. The third-order valence-electron chi connectivity index (χ3n) is 5.81. The Morgan fingerprint density at radius 2 is 1.05 bits per heavy atom. The number of benzene rings is 4. The van der Waals surface area contributed by atoms with E-state index >= 15 is 0 Å². The van der Waals surface area contributed by atoms with E-state index in [-0.39, 0.29) is 39.1 Å². The highest BCUT2D eigenvalue weighted by Crippen LogP contribution is 2.30. The van der Waals surface area contributed by atoms with Gasteiger partial charge in [-0.25, -0.2) is 0 Å². The van der Waals surface area contributed by atoms with Crippen molar-refractivity contribution in [1.29, 1.82) is 0 Å². The Labute approximate surface area is 209 Å². The van der Waals surface area contributed by atoms with Crippen LogP contribution in [0.5, 0.6) is 17.2 Å². The number of phenols is 3. The average molecular weight is 492 g/mol. The van der Waals surface area contributed by atoms with Gasteiger partial charge < -0.3 is 24.2 Å². The lowest BCUT2D eigenvalue weighted by Gasteiger charge is -2.04. The third kappa shape index (κ3) is 4.66. The molecule has 0 atom stereocenters. The highest BCUT2D eigenvalue weighted by molar-refractivity contribution is 5.84. The summed E-state index contributed by atoms with van der Waals surface area (Å²) in [5, 5.41) is 28.9. The molecule has 0 saturated carbocycles. The Morgan fingerprint density at radius 1 is 0.514 bits per heavy atom. The summed E-state index contributed by atoms with van der Waals surface area (Å²) in [6, 6.07) is 25.3. The molecule has 6 aromatic rings. The summed E-state index contributed by atoms with van der Waals surface area (Å²) >= 11 is 0. The summed E-state index contributed by atoms with van der Waals surface area (Å²) in [6.07, 6.45) is 2.81. The monoisotopic (exact) mass is 492 g/mol. The van der Waals surface area contributed by atoms with E-state index in [0.717, 1.165) is 5.56 Å². The van der Waals surface area contributed by atoms with Crippen molar-refractivity contribution in [1.82, 2.24) is 0 Å². The minimum atomic E-state index is -0.382. The highest BCUT2D eigenvalue weighted by atomic mass is 16.3. The number of hydrogen-bond acceptors (Lipinski definition) is 7. The van der Waals surface area contributed by atoms with Crippen LogP contribution in [0.1, 0.15) is 0 Å². The normalized spacial score (nSPS) is 10.7. The van der Waals surface area contributed by atoms with Gasteiger partial charge in [-0.1, -0.05) is 54.6 Å². The van der Waals surface area contributed by atoms with Crippen LogP contribution in [0, 0.1) is 0 Å². The molecule has 0 aliphatic carbocycles. The van der Waals surface area contributed by atoms with Crippen LogP contribution in [0.15, 0.2) is 122 Å². The van der Waals surface area contributed by atoms with Gasteiger partial charge in [-0.2, -0.15) is 0 Å². The second kappa shape index (κ2) is 9.75. The number of hydrogen-bond donors (Lipinski definition) is 3. The van der Waals surface area contributed by atoms with Crippen molar-refractivity contribution < 1.29 is 24.2 Å². The van der Waals surface area contributed by atoms with Crippen molar-refractivity contribution in [2.45, 2.75) is 0 Å². The zero-order valence-corrected chi connectivity index (χ0v) is 19.3. The van der Waals surface area contributed by atoms with Gasteiger partial charge in [0.15, 0.2) is 16.9 Å². The second-order valence-electron chi connectivity index (χ2n) is 8.20. The van der Waals surface area contributed by atoms with Gasteiger partial charge in [0.1, 0.15) is 29.4 Å². The maximum atomic E-state index is 12.4. The van der Waals surface area contributed by atoms with E-state index in [4.69, 9.17) is 8.83 Å². The van der Waals surface area contributed by atoms with E-state index in [0.29, 0.717) is 27.7 Å². The first-order chi connectivity index (χ1) is 17.9. The van der Waals surface area contributed by atoms with E-state index < -0.39 is 0 Å². The zero-order valence-electron chi connectivity index (χ0n) is 19.3. The van der Waals surface area contributed by atoms with Gasteiger partial charge in [0.05, 0.1) is 21.9 Å². The smallest absolute Gasteiger partial charge is 0.200 e. The molecule has 2 aromatic heterocycles. The van der Waals surface area contributed by atoms with Gasteiger partial charge in [-0.15, -0.1) is 0 Å². The van der Waals surface area contributed by atoms with Crippen molar-refractivity contribution in [3.8, 4) is 39.5 Å². The Balaban J connectivity index is 0.000000153. The van der Waals surface area contributed by atoms with Crippen LogP contribution in [0.3, 0.4) is 0 Å². The zero-order chi connectivity index (χ0) is 25.9. The predicted octanol–water partition coefficient (Wildman–Crippen LogP) is 6.04. The summed E-state index contributed by atoms with van der Waals surface area (Å²) < 4.78 is 10.8. The molecule has 0 aliphatic heterocycles. The lowest BCUT2D eigenvalue weighted by atomic mass is 10.1. The van der Waals surface area contributed by atoms with E-state index in [9.17, 15) is 24.9 Å². The molecule has 3 N–H and O–H groups in total. The topological polar surface area (TPSA) is 121 Å². The third-order valence-corrected chi connectivity index (χ3v) is 5.81. The fraction of sp³-hybridized carbons (Fsp3) is 0. The summed E-state index contributed by atoms with van der Waals surface area (Å²) in [5.41, 5.74) is 2.88. The summed E-state index contributed by atoms with van der Waals surface area (Å²) in [4.78, 5) is 24.6. The van der Waals surface area contributed by atoms with Gasteiger partial charge in [0.2, 0.25) is 5.43 Å². The lowest BCUT2D eigenvalue weighted by Crippen LogP contribution is -2.04. The largest absolute Gasteiger partial charge is 0.508 e. The highest BCUT2D eigenvalue weighted by Gasteiger charge is 2.12. The van der Waals surface area contributed by atoms with Crippen LogP contribution in [0.2, 0.25) is 0 Å². The maximum absolute atomic E-state index is 12.4. The molecule has 7 nitrogen and oxygen atoms in total. The minimum Gasteiger partial charge on any atom is -0.508 e. The van der Waals surface area contributed by atoms with Crippen LogP contribution in [-0.4, -0.2) is 15.3 Å². The Morgan fingerprint density at radius 3 is 1.76 bits per heavy atom. The Bertz CT molecular complexity index is 1830. The van der Waals surface area contributed by atoms with Gasteiger partial charge in [0, 0.05) is 6.07 Å². The Hall–Kier alpha value is -5.30. The number of rotatable bonds is 2. The standard InChI is InChI=1S/C15H10O5.C15H10O2/c16-9-3-1-8(2-4-9)11-7-20-14-6-13(18)12(17)5-10(14)15(11)19;16-15-12-8-4-5-9-14(12)17-10-13(15)11-6-2-1-3-7-11/h1-7,16-18H;1-10H. The van der Waals surface area contributed by atoms with Crippen molar-refractivity contribution in [3.05, 3.63) is 124 Å². The van der Waals surface area contributed by atoms with Crippen molar-refractivity contribution in [3.63, 3.8) is 0 Å². The van der Waals surface area contributed by atoms with Crippen LogP contribution >= 0.6 is 0 Å². The van der Waals surface area contributed by atoms with E-state index in [1.165, 1.54) is 36.8 Å². The molecule has 0 bridgehead atoms. The fourth-order valence-electron chi connectivity index (χ4n) is 3.89. The van der Waals surface area contributed by atoms with Gasteiger partial charge in [0.25, 0.3) is 0 Å². The molecule has 4 aromatic carbocycles. The maximum Gasteiger partial charge on any atom is 0.200 e. The molecule has 2 heterocycles. The molecule has 0 saturated heterocycles. The molecular formula is C30H20O7. The first-order valence-electron chi connectivity index (χ1n) is 11.3. The van der Waals surface area contributed by atoms with Gasteiger partial charge >= 0.3 is 0 Å². The molecule has 182 valence electrons. The quantitative estimate of drug-likeness (QED) is 0.252. The van der Waals surface area contributed by atoms with Crippen LogP contribution < -0.4 is 10.9 Å². The molecule has 0 aliphatic rings. The number of phenolic OH excluding ortho intramolecular Hbond substituents is 3. The molecular weight excluding hydrogens is 472 g/mol. The van der Waals surface area contributed by atoms with Crippen LogP contribution in [-0.2, 0) is 0 Å². The van der Waals surface area contributed by atoms with Crippen molar-refractivity contribution in [2.24, 2.45) is 0 Å². The molecule has 6 rings (SSSR count). The number of aromatic hydroxyl groups is 3. The van der Waals surface area contributed by atoms with E-state index in [2.05, 4.69) is 0 Å². The lowest BCUT2D eigenvalue weighted by molar-refractivity contribution is 0.403. The first-order valence-corrected chi connectivity index (χ1v) is 11.3. The molecule has 7 heteroatoms. The van der Waals surface area contributed by atoms with E-state index in [1.54, 1.807) is 24.3 Å². The summed E-state index contributed by atoms with van der Waals surface area (Å²) in [7, 11) is 0. The molecule has 0 spiro atoms. The molecule has 0 fully saturated rings. The van der Waals surface area contributed by atoms with Gasteiger partial charge in [-0.05, 0) is 41.5 Å². The summed E-state index contributed by atoms with van der Waals surface area (Å²) in [6.45, 7) is 0.